The summed E-state index contributed by atoms with van der Waals surface area (Å²) < 4.78 is 0. The number of amides is 1. The van der Waals surface area contributed by atoms with E-state index in [0.29, 0.717) is 36.8 Å². The van der Waals surface area contributed by atoms with Crippen molar-refractivity contribution >= 4 is 23.1 Å². The van der Waals surface area contributed by atoms with Crippen LogP contribution < -0.4 is 15.1 Å². The van der Waals surface area contributed by atoms with E-state index in [4.69, 9.17) is 0 Å². The number of pyridine rings is 1. The number of piperazine rings is 1. The molecule has 2 aliphatic rings. The highest BCUT2D eigenvalue weighted by Crippen LogP contribution is 2.28. The Hall–Kier alpha value is -4.09. The minimum absolute atomic E-state index is 0.00113. The second kappa shape index (κ2) is 12.0. The van der Waals surface area contributed by atoms with Gasteiger partial charge in [-0.25, -0.2) is 4.98 Å². The SMILES string of the molecule is Cc1cccc(N2CCN(C(=O)c3cc(NC4CCN(c5ccccc5C#N)CC4)c(C)cc3C)CC2CO)n1. The van der Waals surface area contributed by atoms with Crippen LogP contribution in [0.5, 0.6) is 0 Å². The molecule has 8 heteroatoms. The quantitative estimate of drug-likeness (QED) is 0.484. The number of nitrogens with one attached hydrogen (secondary N) is 1. The molecule has 5 rings (SSSR count). The Morgan fingerprint density at radius 1 is 1.02 bits per heavy atom. The number of aliphatic hydroxyl groups excluding tert-OH is 1. The summed E-state index contributed by atoms with van der Waals surface area (Å²) in [7, 11) is 0. The average molecular weight is 539 g/mol. The molecule has 2 aromatic carbocycles. The van der Waals surface area contributed by atoms with Gasteiger partial charge < -0.3 is 25.1 Å². The molecule has 8 nitrogen and oxygen atoms in total. The number of para-hydroxylation sites is 1. The number of nitrogens with zero attached hydrogens (tertiary/aromatic N) is 5. The summed E-state index contributed by atoms with van der Waals surface area (Å²) in [6, 6.07) is 20.2. The molecule has 1 aromatic heterocycles. The zero-order valence-corrected chi connectivity index (χ0v) is 23.6. The van der Waals surface area contributed by atoms with Crippen molar-refractivity contribution in [3.8, 4) is 6.07 Å². The molecule has 0 aliphatic carbocycles. The summed E-state index contributed by atoms with van der Waals surface area (Å²) in [6.45, 7) is 9.37. The smallest absolute Gasteiger partial charge is 0.254 e. The summed E-state index contributed by atoms with van der Waals surface area (Å²) in [6.07, 6.45) is 1.90. The Morgan fingerprint density at radius 2 is 1.80 bits per heavy atom. The van der Waals surface area contributed by atoms with E-state index in [2.05, 4.69) is 39.2 Å². The van der Waals surface area contributed by atoms with E-state index in [1.54, 1.807) is 0 Å². The number of hydrogen-bond donors (Lipinski definition) is 2. The van der Waals surface area contributed by atoms with Gasteiger partial charge in [0.15, 0.2) is 0 Å². The van der Waals surface area contributed by atoms with E-state index >= 15 is 0 Å². The van der Waals surface area contributed by atoms with Gasteiger partial charge in [-0.3, -0.25) is 4.79 Å². The third-order valence-electron chi connectivity index (χ3n) is 8.17. The van der Waals surface area contributed by atoms with Crippen molar-refractivity contribution in [1.29, 1.82) is 5.26 Å². The minimum atomic E-state index is -0.202. The highest BCUT2D eigenvalue weighted by Gasteiger charge is 2.31. The molecule has 3 heterocycles. The largest absolute Gasteiger partial charge is 0.394 e. The van der Waals surface area contributed by atoms with Crippen LogP contribution in [0.2, 0.25) is 0 Å². The average Bonchev–Trinajstić information content (AvgIpc) is 2.98. The van der Waals surface area contributed by atoms with E-state index in [0.717, 1.165) is 59.9 Å². The molecule has 208 valence electrons. The van der Waals surface area contributed by atoms with Gasteiger partial charge in [-0.05, 0) is 75.1 Å². The van der Waals surface area contributed by atoms with Crippen LogP contribution in [0.1, 0.15) is 45.6 Å². The molecule has 0 radical (unpaired) electrons. The minimum Gasteiger partial charge on any atom is -0.394 e. The molecule has 3 aromatic rings. The monoisotopic (exact) mass is 538 g/mol. The van der Waals surface area contributed by atoms with Crippen LogP contribution in [0.25, 0.3) is 0 Å². The van der Waals surface area contributed by atoms with E-state index in [1.165, 1.54) is 0 Å². The first-order chi connectivity index (χ1) is 19.4. The number of aliphatic hydroxyl groups is 1. The first-order valence-electron chi connectivity index (χ1n) is 14.1. The van der Waals surface area contributed by atoms with Crippen molar-refractivity contribution in [2.45, 2.75) is 45.7 Å². The fourth-order valence-corrected chi connectivity index (χ4v) is 5.92. The lowest BCUT2D eigenvalue weighted by molar-refractivity contribution is 0.0698. The Morgan fingerprint density at radius 3 is 2.52 bits per heavy atom. The maximum atomic E-state index is 13.7. The molecule has 0 bridgehead atoms. The Balaban J connectivity index is 1.26. The number of carbonyl (C=O) groups excluding carboxylic acids is 1. The van der Waals surface area contributed by atoms with Crippen LogP contribution in [-0.4, -0.2) is 72.3 Å². The number of nitriles is 1. The normalized spacial score (nSPS) is 18.0. The topological polar surface area (TPSA) is 95.7 Å². The lowest BCUT2D eigenvalue weighted by atomic mass is 9.99. The summed E-state index contributed by atoms with van der Waals surface area (Å²) >= 11 is 0. The summed E-state index contributed by atoms with van der Waals surface area (Å²) in [5.41, 5.74) is 6.42. The second-order valence-electron chi connectivity index (χ2n) is 10.9. The van der Waals surface area contributed by atoms with Gasteiger partial charge in [0.1, 0.15) is 11.9 Å². The van der Waals surface area contributed by atoms with Crippen LogP contribution >= 0.6 is 0 Å². The van der Waals surface area contributed by atoms with E-state index < -0.39 is 0 Å². The molecule has 1 amide bonds. The predicted molar refractivity (Wildman–Crippen MR) is 159 cm³/mol. The van der Waals surface area contributed by atoms with Crippen molar-refractivity contribution in [1.82, 2.24) is 9.88 Å². The molecule has 2 saturated heterocycles. The number of rotatable bonds is 6. The number of aromatic nitrogens is 1. The summed E-state index contributed by atoms with van der Waals surface area (Å²) in [5, 5.41) is 23.4. The first-order valence-corrected chi connectivity index (χ1v) is 14.1. The number of hydrogen-bond acceptors (Lipinski definition) is 7. The van der Waals surface area contributed by atoms with Crippen molar-refractivity contribution in [3.63, 3.8) is 0 Å². The van der Waals surface area contributed by atoms with Crippen molar-refractivity contribution in [3.05, 3.63) is 82.5 Å². The van der Waals surface area contributed by atoms with Gasteiger partial charge in [0.2, 0.25) is 0 Å². The molecule has 1 unspecified atom stereocenters. The number of piperidine rings is 1. The van der Waals surface area contributed by atoms with Crippen LogP contribution in [0.3, 0.4) is 0 Å². The number of carbonyl (C=O) groups is 1. The summed E-state index contributed by atoms with van der Waals surface area (Å²) in [5.74, 6) is 0.838. The molecule has 2 aliphatic heterocycles. The van der Waals surface area contributed by atoms with Crippen LogP contribution in [0.4, 0.5) is 17.2 Å². The standard InChI is InChI=1S/C32H38N6O2/c1-22-17-23(2)29(35-26-11-13-36(14-12-26)30-9-5-4-8-25(30)19-33)18-28(22)32(40)37-15-16-38(27(20-37)21-39)31-10-6-7-24(3)34-31/h4-10,17-18,26-27,35,39H,11-16,20-21H2,1-3H3. The van der Waals surface area contributed by atoms with Gasteiger partial charge in [-0.2, -0.15) is 5.26 Å². The number of anilines is 3. The molecule has 0 saturated carbocycles. The second-order valence-corrected chi connectivity index (χ2v) is 10.9. The lowest BCUT2D eigenvalue weighted by Crippen LogP contribution is -2.56. The zero-order chi connectivity index (χ0) is 28.2. The van der Waals surface area contributed by atoms with E-state index in [-0.39, 0.29) is 18.6 Å². The molecule has 0 spiro atoms. The van der Waals surface area contributed by atoms with Gasteiger partial charge in [0.25, 0.3) is 5.91 Å². The lowest BCUT2D eigenvalue weighted by Gasteiger charge is -2.41. The molecular formula is C32H38N6O2. The van der Waals surface area contributed by atoms with Crippen molar-refractivity contribution < 1.29 is 9.90 Å². The molecule has 2 N–H and O–H groups in total. The van der Waals surface area contributed by atoms with Gasteiger partial charge in [-0.1, -0.05) is 24.3 Å². The fraction of sp³-hybridized carbons (Fsp3) is 0.406. The molecular weight excluding hydrogens is 500 g/mol. The fourth-order valence-electron chi connectivity index (χ4n) is 5.92. The van der Waals surface area contributed by atoms with Crippen LogP contribution in [0, 0.1) is 32.1 Å². The highest BCUT2D eigenvalue weighted by atomic mass is 16.3. The maximum absolute atomic E-state index is 13.7. The predicted octanol–water partition coefficient (Wildman–Crippen LogP) is 4.28. The van der Waals surface area contributed by atoms with Gasteiger partial charge >= 0.3 is 0 Å². The molecule has 40 heavy (non-hydrogen) atoms. The van der Waals surface area contributed by atoms with Crippen LogP contribution in [0.15, 0.2) is 54.6 Å². The third kappa shape index (κ3) is 5.75. The Labute approximate surface area is 236 Å². The van der Waals surface area contributed by atoms with Gasteiger partial charge in [0, 0.05) is 55.7 Å². The van der Waals surface area contributed by atoms with Crippen molar-refractivity contribution in [2.24, 2.45) is 0 Å². The molecule has 2 fully saturated rings. The summed E-state index contributed by atoms with van der Waals surface area (Å²) in [4.78, 5) is 24.6. The number of benzene rings is 2. The Bertz CT molecular complexity index is 1410. The molecule has 1 atom stereocenters. The number of aryl methyl sites for hydroxylation is 3. The van der Waals surface area contributed by atoms with Crippen molar-refractivity contribution in [2.75, 3.05) is 54.4 Å². The highest BCUT2D eigenvalue weighted by molar-refractivity contribution is 5.97. The van der Waals surface area contributed by atoms with Gasteiger partial charge in [0.05, 0.1) is 23.9 Å². The van der Waals surface area contributed by atoms with E-state index in [9.17, 15) is 15.2 Å². The first kappa shape index (κ1) is 27.5. The van der Waals surface area contributed by atoms with E-state index in [1.807, 2.05) is 67.3 Å². The third-order valence-corrected chi connectivity index (χ3v) is 8.17. The van der Waals surface area contributed by atoms with Gasteiger partial charge in [-0.15, -0.1) is 0 Å². The zero-order valence-electron chi connectivity index (χ0n) is 23.6. The van der Waals surface area contributed by atoms with Crippen LogP contribution in [-0.2, 0) is 0 Å². The maximum Gasteiger partial charge on any atom is 0.254 e. The Kier molecular flexibility index (Phi) is 8.22.